The van der Waals surface area contributed by atoms with Gasteiger partial charge in [0.05, 0.1) is 5.52 Å². The lowest BCUT2D eigenvalue weighted by molar-refractivity contribution is 0.0747. The van der Waals surface area contributed by atoms with Gasteiger partial charge in [0.15, 0.2) is 5.82 Å². The molecule has 0 bridgehead atoms. The maximum atomic E-state index is 13.2. The number of rotatable bonds is 3. The molecule has 34 heavy (non-hydrogen) atoms. The van der Waals surface area contributed by atoms with Crippen molar-refractivity contribution in [2.75, 3.05) is 31.1 Å². The first kappa shape index (κ1) is 20.3. The molecule has 0 atom stereocenters. The minimum Gasteiger partial charge on any atom is -0.352 e. The summed E-state index contributed by atoms with van der Waals surface area (Å²) in [7, 11) is 0. The van der Waals surface area contributed by atoms with Gasteiger partial charge in [-0.1, -0.05) is 42.5 Å². The number of carbonyl (C=O) groups excluding carboxylic acids is 1. The highest BCUT2D eigenvalue weighted by Gasteiger charge is 2.25. The SMILES string of the molecule is O=C(c1ccc2ccccc2c1)N1CCN(c2nc(-c3ccncc3)nc3ccccc23)CC1. The summed E-state index contributed by atoms with van der Waals surface area (Å²) in [6.45, 7) is 2.73. The molecule has 1 fully saturated rings. The zero-order valence-electron chi connectivity index (χ0n) is 18.6. The Balaban J connectivity index is 1.26. The van der Waals surface area contributed by atoms with Gasteiger partial charge in [-0.05, 0) is 47.2 Å². The smallest absolute Gasteiger partial charge is 0.253 e. The molecule has 0 unspecified atom stereocenters. The van der Waals surface area contributed by atoms with Crippen molar-refractivity contribution in [3.8, 4) is 11.4 Å². The lowest BCUT2D eigenvalue weighted by atomic mass is 10.1. The average molecular weight is 446 g/mol. The fraction of sp³-hybridized carbons (Fsp3) is 0.143. The van der Waals surface area contributed by atoms with Crippen LogP contribution in [0.3, 0.4) is 0 Å². The summed E-state index contributed by atoms with van der Waals surface area (Å²) in [5.74, 6) is 1.68. The highest BCUT2D eigenvalue weighted by Crippen LogP contribution is 2.28. The Hall–Kier alpha value is -4.32. The number of pyridine rings is 1. The number of fused-ring (bicyclic) bond motifs is 2. The van der Waals surface area contributed by atoms with Crippen molar-refractivity contribution in [3.05, 3.63) is 96.8 Å². The zero-order chi connectivity index (χ0) is 22.9. The lowest BCUT2D eigenvalue weighted by Gasteiger charge is -2.36. The molecular weight excluding hydrogens is 422 g/mol. The van der Waals surface area contributed by atoms with E-state index in [1.807, 2.05) is 71.6 Å². The predicted molar refractivity (Wildman–Crippen MR) is 135 cm³/mol. The number of piperazine rings is 1. The second kappa shape index (κ2) is 8.56. The number of amides is 1. The number of benzene rings is 3. The average Bonchev–Trinajstić information content (AvgIpc) is 2.92. The van der Waals surface area contributed by atoms with Crippen LogP contribution < -0.4 is 4.90 Å². The molecule has 166 valence electrons. The van der Waals surface area contributed by atoms with Gasteiger partial charge in [0.25, 0.3) is 5.91 Å². The summed E-state index contributed by atoms with van der Waals surface area (Å²) in [4.78, 5) is 31.2. The molecular formula is C28H23N5O. The molecule has 2 aromatic heterocycles. The maximum Gasteiger partial charge on any atom is 0.253 e. The highest BCUT2D eigenvalue weighted by molar-refractivity contribution is 5.99. The van der Waals surface area contributed by atoms with E-state index in [9.17, 15) is 4.79 Å². The third-order valence-electron chi connectivity index (χ3n) is 6.38. The van der Waals surface area contributed by atoms with Crippen molar-refractivity contribution in [2.24, 2.45) is 0 Å². The summed E-state index contributed by atoms with van der Waals surface area (Å²) in [5.41, 5.74) is 2.58. The standard InChI is InChI=1S/C28H23N5O/c34-28(23-10-9-20-5-1-2-6-22(20)19-23)33-17-15-32(16-18-33)27-24-7-3-4-8-25(24)30-26(31-27)21-11-13-29-14-12-21/h1-14,19H,15-18H2. The predicted octanol–water partition coefficient (Wildman–Crippen LogP) is 4.81. The van der Waals surface area contributed by atoms with Crippen molar-refractivity contribution in [1.82, 2.24) is 19.9 Å². The van der Waals surface area contributed by atoms with Crippen LogP contribution in [0, 0.1) is 0 Å². The van der Waals surface area contributed by atoms with Gasteiger partial charge >= 0.3 is 0 Å². The number of nitrogens with zero attached hydrogens (tertiary/aromatic N) is 5. The molecule has 0 spiro atoms. The van der Waals surface area contributed by atoms with Crippen LogP contribution >= 0.6 is 0 Å². The fourth-order valence-corrected chi connectivity index (χ4v) is 4.56. The fourth-order valence-electron chi connectivity index (χ4n) is 4.56. The minimum atomic E-state index is 0.0791. The Morgan fingerprint density at radius 1 is 0.735 bits per heavy atom. The molecule has 1 amide bonds. The lowest BCUT2D eigenvalue weighted by Crippen LogP contribution is -2.49. The molecule has 0 aliphatic carbocycles. The first-order valence-corrected chi connectivity index (χ1v) is 11.5. The van der Waals surface area contributed by atoms with Gasteiger partial charge in [-0.15, -0.1) is 0 Å². The summed E-state index contributed by atoms with van der Waals surface area (Å²) >= 11 is 0. The van der Waals surface area contributed by atoms with Gasteiger partial charge < -0.3 is 9.80 Å². The van der Waals surface area contributed by atoms with E-state index < -0.39 is 0 Å². The van der Waals surface area contributed by atoms with Crippen LogP contribution in [0.4, 0.5) is 5.82 Å². The highest BCUT2D eigenvalue weighted by atomic mass is 16.2. The second-order valence-corrected chi connectivity index (χ2v) is 8.47. The van der Waals surface area contributed by atoms with Crippen molar-refractivity contribution in [2.45, 2.75) is 0 Å². The van der Waals surface area contributed by atoms with Crippen LogP contribution in [0.25, 0.3) is 33.1 Å². The monoisotopic (exact) mass is 445 g/mol. The van der Waals surface area contributed by atoms with Crippen molar-refractivity contribution >= 4 is 33.4 Å². The van der Waals surface area contributed by atoms with Gasteiger partial charge in [0.2, 0.25) is 0 Å². The molecule has 6 nitrogen and oxygen atoms in total. The van der Waals surface area contributed by atoms with Gasteiger partial charge in [-0.2, -0.15) is 0 Å². The molecule has 3 heterocycles. The molecule has 1 aliphatic heterocycles. The molecule has 6 rings (SSSR count). The summed E-state index contributed by atoms with van der Waals surface area (Å²) < 4.78 is 0. The number of para-hydroxylation sites is 1. The summed E-state index contributed by atoms with van der Waals surface area (Å²) in [5, 5.41) is 3.25. The Labute approximate surface area is 197 Å². The van der Waals surface area contributed by atoms with E-state index >= 15 is 0 Å². The van der Waals surface area contributed by atoms with Crippen LogP contribution in [0.5, 0.6) is 0 Å². The molecule has 1 aliphatic rings. The van der Waals surface area contributed by atoms with Crippen LogP contribution in [0.15, 0.2) is 91.3 Å². The van der Waals surface area contributed by atoms with Crippen molar-refractivity contribution < 1.29 is 4.79 Å². The Morgan fingerprint density at radius 2 is 1.47 bits per heavy atom. The van der Waals surface area contributed by atoms with E-state index in [2.05, 4.69) is 22.0 Å². The van der Waals surface area contributed by atoms with E-state index in [1.54, 1.807) is 12.4 Å². The van der Waals surface area contributed by atoms with E-state index in [1.165, 1.54) is 0 Å². The van der Waals surface area contributed by atoms with Crippen LogP contribution in [0.2, 0.25) is 0 Å². The Morgan fingerprint density at radius 3 is 2.29 bits per heavy atom. The van der Waals surface area contributed by atoms with E-state index in [4.69, 9.17) is 9.97 Å². The van der Waals surface area contributed by atoms with E-state index in [-0.39, 0.29) is 5.91 Å². The molecule has 0 N–H and O–H groups in total. The van der Waals surface area contributed by atoms with Gasteiger partial charge in [0, 0.05) is 55.1 Å². The minimum absolute atomic E-state index is 0.0791. The Bertz CT molecular complexity index is 1490. The van der Waals surface area contributed by atoms with Crippen molar-refractivity contribution in [1.29, 1.82) is 0 Å². The topological polar surface area (TPSA) is 62.2 Å². The first-order chi connectivity index (χ1) is 16.8. The first-order valence-electron chi connectivity index (χ1n) is 11.5. The van der Waals surface area contributed by atoms with Gasteiger partial charge in [-0.25, -0.2) is 9.97 Å². The van der Waals surface area contributed by atoms with Crippen LogP contribution in [-0.2, 0) is 0 Å². The van der Waals surface area contributed by atoms with Gasteiger partial charge in [0.1, 0.15) is 5.82 Å². The van der Waals surface area contributed by atoms with E-state index in [0.717, 1.165) is 51.7 Å². The van der Waals surface area contributed by atoms with Crippen LogP contribution in [-0.4, -0.2) is 51.9 Å². The normalized spacial score (nSPS) is 14.0. The maximum absolute atomic E-state index is 13.2. The number of carbonyl (C=O) groups is 1. The van der Waals surface area contributed by atoms with Gasteiger partial charge in [-0.3, -0.25) is 9.78 Å². The quantitative estimate of drug-likeness (QED) is 0.399. The molecule has 5 aromatic rings. The number of aromatic nitrogens is 3. The summed E-state index contributed by atoms with van der Waals surface area (Å²) in [6.07, 6.45) is 3.51. The third-order valence-corrected chi connectivity index (χ3v) is 6.38. The number of anilines is 1. The van der Waals surface area contributed by atoms with Crippen molar-refractivity contribution in [3.63, 3.8) is 0 Å². The third kappa shape index (κ3) is 3.73. The molecule has 6 heteroatoms. The largest absolute Gasteiger partial charge is 0.352 e. The number of hydrogen-bond donors (Lipinski definition) is 0. The summed E-state index contributed by atoms with van der Waals surface area (Å²) in [6, 6.07) is 26.0. The molecule has 3 aromatic carbocycles. The van der Waals surface area contributed by atoms with Crippen LogP contribution in [0.1, 0.15) is 10.4 Å². The Kier molecular flexibility index (Phi) is 5.11. The second-order valence-electron chi connectivity index (χ2n) is 8.47. The number of hydrogen-bond acceptors (Lipinski definition) is 5. The zero-order valence-corrected chi connectivity index (χ0v) is 18.6. The molecule has 0 saturated carbocycles. The molecule has 0 radical (unpaired) electrons. The molecule has 1 saturated heterocycles. The van der Waals surface area contributed by atoms with E-state index in [0.29, 0.717) is 18.9 Å².